The van der Waals surface area contributed by atoms with Crippen LogP contribution in [-0.2, 0) is 6.42 Å². The van der Waals surface area contributed by atoms with Gasteiger partial charge in [0.05, 0.1) is 17.1 Å². The highest BCUT2D eigenvalue weighted by Gasteiger charge is 2.14. The molecule has 0 fully saturated rings. The van der Waals surface area contributed by atoms with Crippen molar-refractivity contribution in [3.05, 3.63) is 75.6 Å². The van der Waals surface area contributed by atoms with Gasteiger partial charge in [0.25, 0.3) is 5.69 Å². The molecule has 0 aliphatic heterocycles. The van der Waals surface area contributed by atoms with Crippen LogP contribution in [0.4, 0.5) is 10.1 Å². The maximum Gasteiger partial charge on any atom is 0.272 e. The quantitative estimate of drug-likeness (QED) is 0.679. The smallest absolute Gasteiger partial charge is 0.272 e. The summed E-state index contributed by atoms with van der Waals surface area (Å²) in [7, 11) is 0. The van der Waals surface area contributed by atoms with Crippen molar-refractivity contribution in [3.8, 4) is 0 Å². The molecule has 0 aliphatic rings. The van der Waals surface area contributed by atoms with E-state index in [1.807, 2.05) is 6.07 Å². The van der Waals surface area contributed by atoms with Gasteiger partial charge in [0, 0.05) is 12.5 Å². The molecule has 0 spiro atoms. The number of nitro groups is 1. The van der Waals surface area contributed by atoms with E-state index in [0.717, 1.165) is 6.07 Å². The van der Waals surface area contributed by atoms with E-state index in [-0.39, 0.29) is 17.7 Å². The van der Waals surface area contributed by atoms with E-state index in [4.69, 9.17) is 0 Å². The van der Waals surface area contributed by atoms with E-state index in [0.29, 0.717) is 5.56 Å². The summed E-state index contributed by atoms with van der Waals surface area (Å²) in [4.78, 5) is 9.85. The van der Waals surface area contributed by atoms with Gasteiger partial charge in [-0.15, -0.1) is 0 Å². The largest absolute Gasteiger partial charge is 0.388 e. The summed E-state index contributed by atoms with van der Waals surface area (Å²) in [5.41, 5.74) is 0.637. The molecule has 1 N–H and O–H groups in total. The molecular formula is C14H12FNO3. The second kappa shape index (κ2) is 5.58. The number of aliphatic hydroxyl groups is 1. The van der Waals surface area contributed by atoms with E-state index in [1.165, 1.54) is 12.1 Å². The fourth-order valence-electron chi connectivity index (χ4n) is 1.82. The Morgan fingerprint density at radius 1 is 1.21 bits per heavy atom. The minimum Gasteiger partial charge on any atom is -0.388 e. The highest BCUT2D eigenvalue weighted by molar-refractivity contribution is 5.35. The molecule has 5 heteroatoms. The van der Waals surface area contributed by atoms with E-state index in [1.54, 1.807) is 24.3 Å². The number of halogens is 1. The van der Waals surface area contributed by atoms with E-state index < -0.39 is 16.8 Å². The van der Waals surface area contributed by atoms with Crippen molar-refractivity contribution < 1.29 is 14.4 Å². The lowest BCUT2D eigenvalue weighted by atomic mass is 10.0. The molecule has 0 amide bonds. The van der Waals surface area contributed by atoms with Crippen molar-refractivity contribution in [1.29, 1.82) is 0 Å². The summed E-state index contributed by atoms with van der Waals surface area (Å²) < 4.78 is 13.7. The van der Waals surface area contributed by atoms with Crippen molar-refractivity contribution in [2.24, 2.45) is 0 Å². The number of nitrogens with zero attached hydrogens (tertiary/aromatic N) is 1. The van der Waals surface area contributed by atoms with Crippen LogP contribution in [0.5, 0.6) is 0 Å². The Hall–Kier alpha value is -2.27. The SMILES string of the molecule is O=[N+]([O-])c1ccc(CC(O)c2ccccc2)c(F)c1. The van der Waals surface area contributed by atoms with Crippen LogP contribution in [-0.4, -0.2) is 10.0 Å². The highest BCUT2D eigenvalue weighted by Crippen LogP contribution is 2.22. The van der Waals surface area contributed by atoms with Gasteiger partial charge in [0.2, 0.25) is 0 Å². The third-order valence-corrected chi connectivity index (χ3v) is 2.85. The van der Waals surface area contributed by atoms with Crippen molar-refractivity contribution >= 4 is 5.69 Å². The summed E-state index contributed by atoms with van der Waals surface area (Å²) in [6.07, 6.45) is -0.759. The number of aliphatic hydroxyl groups excluding tert-OH is 1. The normalized spacial score (nSPS) is 12.1. The zero-order chi connectivity index (χ0) is 13.8. The van der Waals surface area contributed by atoms with Gasteiger partial charge in [-0.2, -0.15) is 0 Å². The molecule has 19 heavy (non-hydrogen) atoms. The van der Waals surface area contributed by atoms with Gasteiger partial charge in [0.1, 0.15) is 5.82 Å². The number of hydrogen-bond donors (Lipinski definition) is 1. The van der Waals surface area contributed by atoms with Crippen LogP contribution < -0.4 is 0 Å². The lowest BCUT2D eigenvalue weighted by molar-refractivity contribution is -0.385. The first-order chi connectivity index (χ1) is 9.08. The van der Waals surface area contributed by atoms with Gasteiger partial charge >= 0.3 is 0 Å². The first-order valence-electron chi connectivity index (χ1n) is 5.74. The molecular weight excluding hydrogens is 249 g/mol. The van der Waals surface area contributed by atoms with Crippen LogP contribution >= 0.6 is 0 Å². The Labute approximate surface area is 109 Å². The lowest BCUT2D eigenvalue weighted by Gasteiger charge is -2.11. The molecule has 2 aromatic carbocycles. The van der Waals surface area contributed by atoms with Gasteiger partial charge in [-0.05, 0) is 17.2 Å². The molecule has 0 bridgehead atoms. The standard InChI is InChI=1S/C14H12FNO3/c15-13-9-12(16(18)19)7-6-11(13)8-14(17)10-4-2-1-3-5-10/h1-7,9,14,17H,8H2. The number of non-ortho nitro benzene ring substituents is 1. The summed E-state index contributed by atoms with van der Waals surface area (Å²) >= 11 is 0. The fraction of sp³-hybridized carbons (Fsp3) is 0.143. The summed E-state index contributed by atoms with van der Waals surface area (Å²) in [6.45, 7) is 0. The Kier molecular flexibility index (Phi) is 3.87. The molecule has 1 unspecified atom stereocenters. The van der Waals surface area contributed by atoms with Crippen LogP contribution in [0.15, 0.2) is 48.5 Å². The second-order valence-electron chi connectivity index (χ2n) is 4.16. The molecule has 0 radical (unpaired) electrons. The zero-order valence-corrected chi connectivity index (χ0v) is 9.99. The van der Waals surface area contributed by atoms with Crippen molar-refractivity contribution in [3.63, 3.8) is 0 Å². The molecule has 0 heterocycles. The monoisotopic (exact) mass is 261 g/mol. The van der Waals surface area contributed by atoms with Crippen LogP contribution in [0, 0.1) is 15.9 Å². The molecule has 0 saturated heterocycles. The van der Waals surface area contributed by atoms with Crippen LogP contribution in [0.2, 0.25) is 0 Å². The highest BCUT2D eigenvalue weighted by atomic mass is 19.1. The topological polar surface area (TPSA) is 63.4 Å². The number of rotatable bonds is 4. The fourth-order valence-corrected chi connectivity index (χ4v) is 1.82. The van der Waals surface area contributed by atoms with Crippen molar-refractivity contribution in [2.75, 3.05) is 0 Å². The zero-order valence-electron chi connectivity index (χ0n) is 9.99. The molecule has 4 nitrogen and oxygen atoms in total. The average Bonchev–Trinajstić information content (AvgIpc) is 2.41. The third-order valence-electron chi connectivity index (χ3n) is 2.85. The number of hydrogen-bond acceptors (Lipinski definition) is 3. The Morgan fingerprint density at radius 2 is 1.89 bits per heavy atom. The second-order valence-corrected chi connectivity index (χ2v) is 4.16. The van der Waals surface area contributed by atoms with Crippen LogP contribution in [0.1, 0.15) is 17.2 Å². The molecule has 1 atom stereocenters. The van der Waals surface area contributed by atoms with Crippen LogP contribution in [0.3, 0.4) is 0 Å². The first-order valence-corrected chi connectivity index (χ1v) is 5.74. The minimum atomic E-state index is -0.836. The Bertz CT molecular complexity index is 586. The predicted octanol–water partition coefficient (Wildman–Crippen LogP) is 3.01. The summed E-state index contributed by atoms with van der Waals surface area (Å²) in [5, 5.41) is 20.5. The molecule has 0 aromatic heterocycles. The molecule has 0 saturated carbocycles. The molecule has 2 rings (SSSR count). The molecule has 0 aliphatic carbocycles. The van der Waals surface area contributed by atoms with Gasteiger partial charge in [-0.1, -0.05) is 30.3 Å². The van der Waals surface area contributed by atoms with Gasteiger partial charge in [0.15, 0.2) is 0 Å². The Morgan fingerprint density at radius 3 is 2.47 bits per heavy atom. The number of nitro benzene ring substituents is 1. The van der Waals surface area contributed by atoms with Gasteiger partial charge in [-0.25, -0.2) is 4.39 Å². The van der Waals surface area contributed by atoms with E-state index >= 15 is 0 Å². The molecule has 2 aromatic rings. The molecule has 98 valence electrons. The van der Waals surface area contributed by atoms with Gasteiger partial charge < -0.3 is 5.11 Å². The first kappa shape index (κ1) is 13.2. The number of benzene rings is 2. The van der Waals surface area contributed by atoms with Crippen LogP contribution in [0.25, 0.3) is 0 Å². The third kappa shape index (κ3) is 3.14. The van der Waals surface area contributed by atoms with Crippen molar-refractivity contribution in [1.82, 2.24) is 0 Å². The predicted molar refractivity (Wildman–Crippen MR) is 68.2 cm³/mol. The average molecular weight is 261 g/mol. The summed E-state index contributed by atoms with van der Waals surface area (Å²) in [5.74, 6) is -0.677. The Balaban J connectivity index is 2.18. The van der Waals surface area contributed by atoms with E-state index in [9.17, 15) is 19.6 Å². The lowest BCUT2D eigenvalue weighted by Crippen LogP contribution is -2.03. The minimum absolute atomic E-state index is 0.0772. The van der Waals surface area contributed by atoms with Gasteiger partial charge in [-0.3, -0.25) is 10.1 Å². The maximum absolute atomic E-state index is 13.7. The summed E-state index contributed by atoms with van der Waals surface area (Å²) in [6, 6.07) is 12.3. The van der Waals surface area contributed by atoms with Crippen molar-refractivity contribution in [2.45, 2.75) is 12.5 Å². The van der Waals surface area contributed by atoms with E-state index in [2.05, 4.69) is 0 Å². The maximum atomic E-state index is 13.7.